The minimum Gasteiger partial charge on any atom is -0.326 e. The van der Waals surface area contributed by atoms with E-state index in [2.05, 4.69) is 10.4 Å². The van der Waals surface area contributed by atoms with E-state index >= 15 is 0 Å². The summed E-state index contributed by atoms with van der Waals surface area (Å²) in [4.78, 5) is 13.3. The van der Waals surface area contributed by atoms with Crippen molar-refractivity contribution in [2.45, 2.75) is 38.1 Å². The third-order valence-corrected chi connectivity index (χ3v) is 4.02. The lowest BCUT2D eigenvalue weighted by Crippen LogP contribution is -2.19. The molecule has 5 heteroatoms. The van der Waals surface area contributed by atoms with Crippen LogP contribution in [0.25, 0.3) is 0 Å². The summed E-state index contributed by atoms with van der Waals surface area (Å²) in [5, 5.41) is 7.38. The maximum Gasteiger partial charge on any atom is 0.226 e. The molecule has 1 atom stereocenters. The topological polar surface area (TPSA) is 46.9 Å². The van der Waals surface area contributed by atoms with E-state index in [0.29, 0.717) is 6.42 Å². The molecule has 0 saturated heterocycles. The average molecular weight is 303 g/mol. The highest BCUT2D eigenvalue weighted by atomic mass is 32.2. The highest BCUT2D eigenvalue weighted by Gasteiger charge is 2.14. The molecule has 1 heterocycles. The highest BCUT2D eigenvalue weighted by molar-refractivity contribution is 7.98. The van der Waals surface area contributed by atoms with Crippen LogP contribution in [-0.4, -0.2) is 21.9 Å². The summed E-state index contributed by atoms with van der Waals surface area (Å²) in [6, 6.07) is 9.94. The number of carbonyl (C=O) groups is 1. The molecule has 21 heavy (non-hydrogen) atoms. The van der Waals surface area contributed by atoms with Crippen LogP contribution >= 0.6 is 11.8 Å². The van der Waals surface area contributed by atoms with E-state index in [-0.39, 0.29) is 11.9 Å². The molecular formula is C16H21N3OS. The smallest absolute Gasteiger partial charge is 0.226 e. The van der Waals surface area contributed by atoms with E-state index < -0.39 is 0 Å². The average Bonchev–Trinajstić information content (AvgIpc) is 2.77. The second kappa shape index (κ2) is 6.80. The van der Waals surface area contributed by atoms with Gasteiger partial charge in [-0.2, -0.15) is 5.10 Å². The molecule has 0 aliphatic rings. The number of aryl methyl sites for hydroxylation is 2. The molecule has 112 valence electrons. The normalized spacial score (nSPS) is 12.2. The molecule has 0 unspecified atom stereocenters. The van der Waals surface area contributed by atoms with Crippen molar-refractivity contribution in [3.8, 4) is 0 Å². The number of carbonyl (C=O) groups excluding carboxylic acids is 1. The van der Waals surface area contributed by atoms with Gasteiger partial charge in [-0.1, -0.05) is 6.07 Å². The van der Waals surface area contributed by atoms with Crippen molar-refractivity contribution in [3.63, 3.8) is 0 Å². The number of benzene rings is 1. The fourth-order valence-electron chi connectivity index (χ4n) is 2.36. The van der Waals surface area contributed by atoms with Crippen molar-refractivity contribution < 1.29 is 4.79 Å². The number of thioether (sulfide) groups is 1. The molecule has 2 aromatic rings. The molecule has 0 spiro atoms. The zero-order valence-electron chi connectivity index (χ0n) is 12.9. The molecule has 2 rings (SSSR count). The first-order chi connectivity index (χ1) is 9.99. The Morgan fingerprint density at radius 1 is 1.38 bits per heavy atom. The van der Waals surface area contributed by atoms with Gasteiger partial charge in [-0.05, 0) is 51.3 Å². The number of rotatable bonds is 5. The molecule has 1 aromatic carbocycles. The van der Waals surface area contributed by atoms with E-state index in [1.165, 1.54) is 0 Å². The predicted molar refractivity (Wildman–Crippen MR) is 87.9 cm³/mol. The fourth-order valence-corrected chi connectivity index (χ4v) is 2.82. The molecular weight excluding hydrogens is 282 g/mol. The third-order valence-electron chi connectivity index (χ3n) is 3.30. The maximum absolute atomic E-state index is 12.2. The van der Waals surface area contributed by atoms with Gasteiger partial charge in [0, 0.05) is 22.7 Å². The van der Waals surface area contributed by atoms with Crippen molar-refractivity contribution in [1.29, 1.82) is 0 Å². The van der Waals surface area contributed by atoms with Gasteiger partial charge in [0.25, 0.3) is 0 Å². The molecule has 0 aliphatic carbocycles. The van der Waals surface area contributed by atoms with Crippen LogP contribution in [-0.2, 0) is 4.79 Å². The fraction of sp³-hybridized carbons (Fsp3) is 0.375. The summed E-state index contributed by atoms with van der Waals surface area (Å²) >= 11 is 1.66. The van der Waals surface area contributed by atoms with Crippen molar-refractivity contribution in [2.75, 3.05) is 11.6 Å². The lowest BCUT2D eigenvalue weighted by Gasteiger charge is -2.14. The van der Waals surface area contributed by atoms with Gasteiger partial charge in [-0.25, -0.2) is 0 Å². The molecule has 0 saturated carbocycles. The lowest BCUT2D eigenvalue weighted by atomic mass is 10.2. The predicted octanol–water partition coefficient (Wildman–Crippen LogP) is 3.81. The van der Waals surface area contributed by atoms with E-state index in [4.69, 9.17) is 0 Å². The minimum absolute atomic E-state index is 0.00769. The van der Waals surface area contributed by atoms with Crippen LogP contribution in [0, 0.1) is 13.8 Å². The monoisotopic (exact) mass is 303 g/mol. The summed E-state index contributed by atoms with van der Waals surface area (Å²) in [5.41, 5.74) is 2.90. The Kier molecular flexibility index (Phi) is 5.07. The number of hydrogen-bond donors (Lipinski definition) is 1. The Morgan fingerprint density at radius 3 is 2.76 bits per heavy atom. The van der Waals surface area contributed by atoms with Crippen molar-refractivity contribution in [2.24, 2.45) is 0 Å². The SMILES string of the molecule is CSc1cccc(NC(=O)C[C@H](C)n2nc(C)cc2C)c1. The number of hydrogen-bond acceptors (Lipinski definition) is 3. The number of anilines is 1. The second-order valence-corrected chi connectivity index (χ2v) is 6.08. The molecule has 0 radical (unpaired) electrons. The minimum atomic E-state index is 0.00769. The number of aromatic nitrogens is 2. The maximum atomic E-state index is 12.2. The van der Waals surface area contributed by atoms with E-state index in [0.717, 1.165) is 22.0 Å². The standard InChI is InChI=1S/C16H21N3OS/c1-11-8-12(2)19(18-11)13(3)9-16(20)17-14-6-5-7-15(10-14)21-4/h5-8,10,13H,9H2,1-4H3,(H,17,20)/t13-/m0/s1. The molecule has 0 fully saturated rings. The van der Waals surface area contributed by atoms with Crippen LogP contribution in [0.4, 0.5) is 5.69 Å². The van der Waals surface area contributed by atoms with Crippen molar-refractivity contribution >= 4 is 23.4 Å². The first-order valence-electron chi connectivity index (χ1n) is 6.96. The summed E-state index contributed by atoms with van der Waals surface area (Å²) in [6.07, 6.45) is 2.43. The Hall–Kier alpha value is -1.75. The largest absolute Gasteiger partial charge is 0.326 e. The Morgan fingerprint density at radius 2 is 2.14 bits per heavy atom. The first-order valence-corrected chi connectivity index (χ1v) is 8.18. The van der Waals surface area contributed by atoms with Gasteiger partial charge in [0.2, 0.25) is 5.91 Å². The van der Waals surface area contributed by atoms with E-state index in [1.807, 2.05) is 62.0 Å². The Bertz CT molecular complexity index is 636. The summed E-state index contributed by atoms with van der Waals surface area (Å²) in [7, 11) is 0. The van der Waals surface area contributed by atoms with Crippen LogP contribution < -0.4 is 5.32 Å². The van der Waals surface area contributed by atoms with Gasteiger partial charge >= 0.3 is 0 Å². The van der Waals surface area contributed by atoms with Crippen molar-refractivity contribution in [1.82, 2.24) is 9.78 Å². The van der Waals surface area contributed by atoms with Crippen LogP contribution in [0.5, 0.6) is 0 Å². The van der Waals surface area contributed by atoms with Crippen LogP contribution in [0.2, 0.25) is 0 Å². The van der Waals surface area contributed by atoms with E-state index in [9.17, 15) is 4.79 Å². The molecule has 0 bridgehead atoms. The molecule has 4 nitrogen and oxygen atoms in total. The van der Waals surface area contributed by atoms with Gasteiger partial charge in [0.1, 0.15) is 0 Å². The van der Waals surface area contributed by atoms with Crippen LogP contribution in [0.15, 0.2) is 35.2 Å². The zero-order valence-corrected chi connectivity index (χ0v) is 13.7. The van der Waals surface area contributed by atoms with Gasteiger partial charge in [0.05, 0.1) is 11.7 Å². The van der Waals surface area contributed by atoms with Crippen molar-refractivity contribution in [3.05, 3.63) is 41.7 Å². The van der Waals surface area contributed by atoms with Crippen LogP contribution in [0.3, 0.4) is 0 Å². The second-order valence-electron chi connectivity index (χ2n) is 5.20. The van der Waals surface area contributed by atoms with E-state index in [1.54, 1.807) is 11.8 Å². The zero-order chi connectivity index (χ0) is 15.4. The first kappa shape index (κ1) is 15.6. The molecule has 1 aromatic heterocycles. The summed E-state index contributed by atoms with van der Waals surface area (Å²) in [5.74, 6) is 0.00769. The Labute approximate surface area is 129 Å². The summed E-state index contributed by atoms with van der Waals surface area (Å²) in [6.45, 7) is 5.98. The lowest BCUT2D eigenvalue weighted by molar-refractivity contribution is -0.116. The van der Waals surface area contributed by atoms with Gasteiger partial charge in [-0.3, -0.25) is 9.48 Å². The van der Waals surface area contributed by atoms with Crippen LogP contribution in [0.1, 0.15) is 30.8 Å². The molecule has 1 amide bonds. The van der Waals surface area contributed by atoms with Gasteiger partial charge < -0.3 is 5.32 Å². The third kappa shape index (κ3) is 4.11. The molecule has 1 N–H and O–H groups in total. The Balaban J connectivity index is 1.99. The number of nitrogens with one attached hydrogen (secondary N) is 1. The van der Waals surface area contributed by atoms with Gasteiger partial charge in [0.15, 0.2) is 0 Å². The van der Waals surface area contributed by atoms with Gasteiger partial charge in [-0.15, -0.1) is 11.8 Å². The number of amides is 1. The quantitative estimate of drug-likeness (QED) is 0.854. The molecule has 0 aliphatic heterocycles. The number of nitrogens with zero attached hydrogens (tertiary/aromatic N) is 2. The highest BCUT2D eigenvalue weighted by Crippen LogP contribution is 2.20. The summed E-state index contributed by atoms with van der Waals surface area (Å²) < 4.78 is 1.91.